The Labute approximate surface area is 123 Å². The van der Waals surface area contributed by atoms with Crippen molar-refractivity contribution in [1.82, 2.24) is 0 Å². The van der Waals surface area contributed by atoms with Gasteiger partial charge in [0.1, 0.15) is 24.0 Å². The van der Waals surface area contributed by atoms with Crippen molar-refractivity contribution >= 4 is 29.5 Å². The molecule has 0 aliphatic carbocycles. The molecule has 0 bridgehead atoms. The van der Waals surface area contributed by atoms with E-state index in [2.05, 4.69) is 0 Å². The van der Waals surface area contributed by atoms with E-state index in [4.69, 9.17) is 27.9 Å². The van der Waals surface area contributed by atoms with Crippen LogP contribution in [0.25, 0.3) is 0 Å². The Morgan fingerprint density at radius 3 is 2.30 bits per heavy atom. The van der Waals surface area contributed by atoms with E-state index in [9.17, 15) is 13.6 Å². The Morgan fingerprint density at radius 1 is 1.05 bits per heavy atom. The third-order valence-corrected chi connectivity index (χ3v) is 2.97. The molecule has 0 atom stereocenters. The number of ether oxygens (including phenoxy) is 1. The maximum Gasteiger partial charge on any atom is 0.153 e. The van der Waals surface area contributed by atoms with Crippen molar-refractivity contribution in [2.45, 2.75) is 6.61 Å². The van der Waals surface area contributed by atoms with Crippen LogP contribution in [0.1, 0.15) is 15.9 Å². The fraction of sp³-hybridized carbons (Fsp3) is 0.0714. The van der Waals surface area contributed by atoms with E-state index < -0.39 is 11.6 Å². The van der Waals surface area contributed by atoms with Crippen LogP contribution in [0, 0.1) is 11.6 Å². The first kappa shape index (κ1) is 14.8. The van der Waals surface area contributed by atoms with Gasteiger partial charge in [-0.05, 0) is 29.8 Å². The lowest BCUT2D eigenvalue weighted by Gasteiger charge is -2.11. The fourth-order valence-electron chi connectivity index (χ4n) is 1.67. The molecule has 2 nitrogen and oxygen atoms in total. The number of rotatable bonds is 4. The molecule has 0 N–H and O–H groups in total. The summed E-state index contributed by atoms with van der Waals surface area (Å²) in [5, 5.41) is 0.442. The third-order valence-electron chi connectivity index (χ3n) is 2.47. The summed E-state index contributed by atoms with van der Waals surface area (Å²) in [5.74, 6) is -1.29. The number of carbonyl (C=O) groups is 1. The molecule has 104 valence electrons. The first-order valence-electron chi connectivity index (χ1n) is 5.51. The molecule has 0 spiro atoms. The number of carbonyl (C=O) groups excluding carboxylic acids is 1. The Kier molecular flexibility index (Phi) is 4.57. The summed E-state index contributed by atoms with van der Waals surface area (Å²) in [4.78, 5) is 10.9. The molecule has 2 aromatic rings. The van der Waals surface area contributed by atoms with Crippen molar-refractivity contribution in [3.05, 3.63) is 63.1 Å². The zero-order valence-corrected chi connectivity index (χ0v) is 11.5. The van der Waals surface area contributed by atoms with E-state index in [1.165, 1.54) is 12.1 Å². The van der Waals surface area contributed by atoms with E-state index >= 15 is 0 Å². The molecule has 0 aliphatic heterocycles. The fourth-order valence-corrected chi connectivity index (χ4v) is 2.23. The van der Waals surface area contributed by atoms with Gasteiger partial charge in [-0.1, -0.05) is 23.2 Å². The Hall–Kier alpha value is -1.65. The predicted octanol–water partition coefficient (Wildman–Crippen LogP) is 4.66. The van der Waals surface area contributed by atoms with Crippen LogP contribution in [-0.4, -0.2) is 6.29 Å². The molecule has 6 heteroatoms. The van der Waals surface area contributed by atoms with Gasteiger partial charge in [0, 0.05) is 11.1 Å². The second-order valence-electron chi connectivity index (χ2n) is 3.99. The molecule has 0 saturated heterocycles. The highest BCUT2D eigenvalue weighted by Gasteiger charge is 2.11. The average molecular weight is 317 g/mol. The van der Waals surface area contributed by atoms with Crippen molar-refractivity contribution in [2.24, 2.45) is 0 Å². The molecule has 2 rings (SSSR count). The number of hydrogen-bond donors (Lipinski definition) is 0. The first-order valence-corrected chi connectivity index (χ1v) is 6.27. The minimum absolute atomic E-state index is 0.121. The summed E-state index contributed by atoms with van der Waals surface area (Å²) in [6, 6.07) is 5.83. The lowest BCUT2D eigenvalue weighted by molar-refractivity contribution is 0.111. The monoisotopic (exact) mass is 316 g/mol. The van der Waals surface area contributed by atoms with Crippen LogP contribution in [0.15, 0.2) is 30.3 Å². The van der Waals surface area contributed by atoms with Crippen LogP contribution in [0.3, 0.4) is 0 Å². The molecule has 0 aromatic heterocycles. The molecule has 0 aliphatic rings. The molecule has 0 fully saturated rings. The van der Waals surface area contributed by atoms with Gasteiger partial charge in [0.2, 0.25) is 0 Å². The van der Waals surface area contributed by atoms with Crippen molar-refractivity contribution in [3.63, 3.8) is 0 Å². The van der Waals surface area contributed by atoms with Crippen LogP contribution in [0.2, 0.25) is 10.0 Å². The minimum Gasteiger partial charge on any atom is -0.487 e. The first-order chi connectivity index (χ1) is 9.49. The maximum absolute atomic E-state index is 13.0. The van der Waals surface area contributed by atoms with Crippen molar-refractivity contribution in [3.8, 4) is 5.75 Å². The molecule has 0 amide bonds. The average Bonchev–Trinajstić information content (AvgIpc) is 2.35. The highest BCUT2D eigenvalue weighted by molar-refractivity contribution is 6.36. The summed E-state index contributed by atoms with van der Waals surface area (Å²) >= 11 is 11.7. The van der Waals surface area contributed by atoms with Gasteiger partial charge in [-0.25, -0.2) is 8.78 Å². The molecule has 0 saturated carbocycles. The zero-order valence-electron chi connectivity index (χ0n) is 10.00. The number of benzene rings is 2. The van der Waals surface area contributed by atoms with E-state index in [1.807, 2.05) is 0 Å². The van der Waals surface area contributed by atoms with Gasteiger partial charge in [0.15, 0.2) is 6.29 Å². The van der Waals surface area contributed by atoms with E-state index in [-0.39, 0.29) is 28.5 Å². The molecule has 0 radical (unpaired) electrons. The van der Waals surface area contributed by atoms with Gasteiger partial charge in [-0.3, -0.25) is 4.79 Å². The SMILES string of the molecule is O=Cc1cc(Cl)cc(Cl)c1OCc1cc(F)cc(F)c1. The van der Waals surface area contributed by atoms with Crippen LogP contribution in [0.5, 0.6) is 5.75 Å². The second kappa shape index (κ2) is 6.20. The quantitative estimate of drug-likeness (QED) is 0.767. The smallest absolute Gasteiger partial charge is 0.153 e. The summed E-state index contributed by atoms with van der Waals surface area (Å²) in [6.45, 7) is -0.128. The number of aldehydes is 1. The highest BCUT2D eigenvalue weighted by atomic mass is 35.5. The normalized spacial score (nSPS) is 10.4. The van der Waals surface area contributed by atoms with E-state index in [0.29, 0.717) is 11.3 Å². The lowest BCUT2D eigenvalue weighted by atomic mass is 10.2. The largest absolute Gasteiger partial charge is 0.487 e. The third kappa shape index (κ3) is 3.46. The summed E-state index contributed by atoms with van der Waals surface area (Å²) < 4.78 is 31.4. The van der Waals surface area contributed by atoms with Gasteiger partial charge in [-0.15, -0.1) is 0 Å². The molecular weight excluding hydrogens is 309 g/mol. The Morgan fingerprint density at radius 2 is 1.70 bits per heavy atom. The standard InChI is InChI=1S/C14H8Cl2F2O2/c15-10-3-9(6-19)14(13(16)4-10)20-7-8-1-11(17)5-12(18)2-8/h1-6H,7H2. The number of hydrogen-bond acceptors (Lipinski definition) is 2. The van der Waals surface area contributed by atoms with Gasteiger partial charge in [0.05, 0.1) is 10.6 Å². The maximum atomic E-state index is 13.0. The van der Waals surface area contributed by atoms with E-state index in [1.54, 1.807) is 0 Å². The van der Waals surface area contributed by atoms with Gasteiger partial charge < -0.3 is 4.74 Å². The highest BCUT2D eigenvalue weighted by Crippen LogP contribution is 2.32. The van der Waals surface area contributed by atoms with Crippen molar-refractivity contribution < 1.29 is 18.3 Å². The van der Waals surface area contributed by atoms with Gasteiger partial charge >= 0.3 is 0 Å². The molecule has 0 heterocycles. The summed E-state index contributed by atoms with van der Waals surface area (Å²) in [7, 11) is 0. The molecule has 0 unspecified atom stereocenters. The van der Waals surface area contributed by atoms with Crippen molar-refractivity contribution in [1.29, 1.82) is 0 Å². The minimum atomic E-state index is -0.707. The van der Waals surface area contributed by atoms with Crippen molar-refractivity contribution in [2.75, 3.05) is 0 Å². The predicted molar refractivity (Wildman–Crippen MR) is 72.5 cm³/mol. The number of halogens is 4. The molecular formula is C14H8Cl2F2O2. The summed E-state index contributed by atoms with van der Waals surface area (Å²) in [6.07, 6.45) is 0.541. The Balaban J connectivity index is 2.24. The molecule has 2 aromatic carbocycles. The summed E-state index contributed by atoms with van der Waals surface area (Å²) in [5.41, 5.74) is 0.449. The molecule has 20 heavy (non-hydrogen) atoms. The van der Waals surface area contributed by atoms with Crippen LogP contribution >= 0.6 is 23.2 Å². The van der Waals surface area contributed by atoms with E-state index in [0.717, 1.165) is 18.2 Å². The van der Waals surface area contributed by atoms with Crippen LogP contribution in [0.4, 0.5) is 8.78 Å². The van der Waals surface area contributed by atoms with Crippen LogP contribution in [-0.2, 0) is 6.61 Å². The van der Waals surface area contributed by atoms with Gasteiger partial charge in [0.25, 0.3) is 0 Å². The lowest BCUT2D eigenvalue weighted by Crippen LogP contribution is -2.00. The van der Waals surface area contributed by atoms with Gasteiger partial charge in [-0.2, -0.15) is 0 Å². The second-order valence-corrected chi connectivity index (χ2v) is 4.83. The Bertz CT molecular complexity index is 640. The topological polar surface area (TPSA) is 26.3 Å². The zero-order chi connectivity index (χ0) is 14.7. The van der Waals surface area contributed by atoms with Crippen LogP contribution < -0.4 is 4.74 Å².